The molecule has 7 heteroatoms. The smallest absolute Gasteiger partial charge is 0.193 e. The number of nitrogens with zero attached hydrogens (tertiary/aromatic N) is 3. The lowest BCUT2D eigenvalue weighted by atomic mass is 9.93. The lowest BCUT2D eigenvalue weighted by molar-refractivity contribution is 0.114. The molecule has 1 unspecified atom stereocenters. The highest BCUT2D eigenvalue weighted by Crippen LogP contribution is 2.24. The SMILES string of the molecule is CCOCC1CCN(C(=NC)NCCc2nc(C(C)(C)C)cs2)C1.I. The molecule has 0 amide bonds. The van der Waals surface area contributed by atoms with Crippen molar-refractivity contribution in [3.63, 3.8) is 0 Å². The number of rotatable bonds is 6. The van der Waals surface area contributed by atoms with Crippen LogP contribution < -0.4 is 5.32 Å². The van der Waals surface area contributed by atoms with Crippen molar-refractivity contribution in [2.45, 2.75) is 46.0 Å². The lowest BCUT2D eigenvalue weighted by Crippen LogP contribution is -2.41. The molecule has 5 nitrogen and oxygen atoms in total. The van der Waals surface area contributed by atoms with Crippen LogP contribution in [-0.4, -0.2) is 55.7 Å². The standard InChI is InChI=1S/C18H32N4OS.HI/c1-6-23-12-14-8-10-22(11-14)17(19-5)20-9-7-16-21-15(13-24-16)18(2,3)4;/h13-14H,6-12H2,1-5H3,(H,19,20);1H. The quantitative estimate of drug-likeness (QED) is 0.385. The molecular weight excluding hydrogens is 447 g/mol. The highest BCUT2D eigenvalue weighted by molar-refractivity contribution is 14.0. The van der Waals surface area contributed by atoms with E-state index < -0.39 is 0 Å². The molecule has 25 heavy (non-hydrogen) atoms. The minimum absolute atomic E-state index is 0. The van der Waals surface area contributed by atoms with Gasteiger partial charge in [-0.1, -0.05) is 20.8 Å². The van der Waals surface area contributed by atoms with Gasteiger partial charge in [0.2, 0.25) is 0 Å². The van der Waals surface area contributed by atoms with Gasteiger partial charge in [-0.25, -0.2) is 4.98 Å². The second-order valence-corrected chi connectivity index (χ2v) is 8.30. The van der Waals surface area contributed by atoms with Crippen LogP contribution in [0.2, 0.25) is 0 Å². The Morgan fingerprint density at radius 3 is 2.84 bits per heavy atom. The second kappa shape index (κ2) is 10.7. The maximum absolute atomic E-state index is 5.55. The molecular formula is C18H33IN4OS. The highest BCUT2D eigenvalue weighted by atomic mass is 127. The number of thiazole rings is 1. The van der Waals surface area contributed by atoms with Crippen LogP contribution in [0.25, 0.3) is 0 Å². The predicted molar refractivity (Wildman–Crippen MR) is 117 cm³/mol. The lowest BCUT2D eigenvalue weighted by Gasteiger charge is -2.21. The summed E-state index contributed by atoms with van der Waals surface area (Å²) >= 11 is 1.76. The first-order valence-corrected chi connectivity index (χ1v) is 9.80. The Morgan fingerprint density at radius 1 is 1.48 bits per heavy atom. The van der Waals surface area contributed by atoms with Gasteiger partial charge in [0.1, 0.15) is 0 Å². The van der Waals surface area contributed by atoms with E-state index in [4.69, 9.17) is 9.72 Å². The van der Waals surface area contributed by atoms with Crippen LogP contribution in [0.4, 0.5) is 0 Å². The fourth-order valence-electron chi connectivity index (χ4n) is 2.83. The summed E-state index contributed by atoms with van der Waals surface area (Å²) in [6.07, 6.45) is 2.12. The fourth-order valence-corrected chi connectivity index (χ4v) is 3.85. The van der Waals surface area contributed by atoms with Gasteiger partial charge in [-0.05, 0) is 13.3 Å². The summed E-state index contributed by atoms with van der Waals surface area (Å²) in [7, 11) is 1.86. The minimum atomic E-state index is 0. The van der Waals surface area contributed by atoms with Gasteiger partial charge >= 0.3 is 0 Å². The zero-order chi connectivity index (χ0) is 17.6. The molecule has 0 aromatic carbocycles. The van der Waals surface area contributed by atoms with Gasteiger partial charge in [-0.15, -0.1) is 35.3 Å². The van der Waals surface area contributed by atoms with E-state index in [0.717, 1.165) is 45.2 Å². The van der Waals surface area contributed by atoms with Crippen molar-refractivity contribution >= 4 is 41.3 Å². The molecule has 1 atom stereocenters. The van der Waals surface area contributed by atoms with Gasteiger partial charge < -0.3 is 15.0 Å². The van der Waals surface area contributed by atoms with Gasteiger partial charge in [-0.3, -0.25) is 4.99 Å². The Kier molecular flexibility index (Phi) is 9.66. The van der Waals surface area contributed by atoms with Crippen LogP contribution in [-0.2, 0) is 16.6 Å². The van der Waals surface area contributed by atoms with Crippen LogP contribution in [0.1, 0.15) is 44.8 Å². The van der Waals surface area contributed by atoms with Crippen molar-refractivity contribution < 1.29 is 4.74 Å². The van der Waals surface area contributed by atoms with Crippen molar-refractivity contribution in [1.29, 1.82) is 0 Å². The Labute approximate surface area is 173 Å². The summed E-state index contributed by atoms with van der Waals surface area (Å²) in [5.41, 5.74) is 1.31. The molecule has 0 radical (unpaired) electrons. The highest BCUT2D eigenvalue weighted by Gasteiger charge is 2.24. The van der Waals surface area contributed by atoms with Crippen molar-refractivity contribution in [2.75, 3.05) is 39.9 Å². The van der Waals surface area contributed by atoms with Gasteiger partial charge in [0, 0.05) is 56.4 Å². The molecule has 2 rings (SSSR count). The number of halogens is 1. The molecule has 0 saturated carbocycles. The number of nitrogens with one attached hydrogen (secondary N) is 1. The molecule has 1 aromatic rings. The molecule has 0 aliphatic carbocycles. The summed E-state index contributed by atoms with van der Waals surface area (Å²) < 4.78 is 5.55. The Balaban J connectivity index is 0.00000312. The average Bonchev–Trinajstić information content (AvgIpc) is 3.18. The second-order valence-electron chi connectivity index (χ2n) is 7.36. The Bertz CT molecular complexity index is 541. The maximum Gasteiger partial charge on any atom is 0.193 e. The third-order valence-corrected chi connectivity index (χ3v) is 5.21. The molecule has 1 aromatic heterocycles. The third-order valence-electron chi connectivity index (χ3n) is 4.30. The van der Waals surface area contributed by atoms with Crippen LogP contribution >= 0.6 is 35.3 Å². The molecule has 2 heterocycles. The van der Waals surface area contributed by atoms with E-state index in [9.17, 15) is 0 Å². The number of hydrogen-bond donors (Lipinski definition) is 1. The number of aliphatic imine (C=N–C) groups is 1. The van der Waals surface area contributed by atoms with Gasteiger partial charge in [0.15, 0.2) is 5.96 Å². The van der Waals surface area contributed by atoms with Crippen molar-refractivity contribution in [3.8, 4) is 0 Å². The summed E-state index contributed by atoms with van der Waals surface area (Å²) in [5, 5.41) is 6.86. The number of guanidine groups is 1. The van der Waals surface area contributed by atoms with Crippen molar-refractivity contribution in [1.82, 2.24) is 15.2 Å². The summed E-state index contributed by atoms with van der Waals surface area (Å²) in [5.74, 6) is 1.62. The first-order valence-electron chi connectivity index (χ1n) is 8.92. The van der Waals surface area contributed by atoms with Crippen LogP contribution in [0, 0.1) is 5.92 Å². The average molecular weight is 480 g/mol. The monoisotopic (exact) mass is 480 g/mol. The Morgan fingerprint density at radius 2 is 2.24 bits per heavy atom. The van der Waals surface area contributed by atoms with E-state index >= 15 is 0 Å². The minimum Gasteiger partial charge on any atom is -0.381 e. The molecule has 1 aliphatic heterocycles. The van der Waals surface area contributed by atoms with Crippen LogP contribution in [0.5, 0.6) is 0 Å². The topological polar surface area (TPSA) is 49.8 Å². The van der Waals surface area contributed by atoms with E-state index in [1.54, 1.807) is 11.3 Å². The molecule has 1 aliphatic rings. The Hall–Kier alpha value is -0.410. The van der Waals surface area contributed by atoms with Gasteiger partial charge in [-0.2, -0.15) is 0 Å². The van der Waals surface area contributed by atoms with Crippen LogP contribution in [0.3, 0.4) is 0 Å². The maximum atomic E-state index is 5.55. The van der Waals surface area contributed by atoms with Gasteiger partial charge in [0.25, 0.3) is 0 Å². The first kappa shape index (κ1) is 22.6. The van der Waals surface area contributed by atoms with Crippen molar-refractivity contribution in [3.05, 3.63) is 16.1 Å². The number of ether oxygens (including phenoxy) is 1. The molecule has 144 valence electrons. The molecule has 1 fully saturated rings. The zero-order valence-corrected chi connectivity index (χ0v) is 19.3. The molecule has 0 spiro atoms. The number of likely N-dealkylation sites (tertiary alicyclic amines) is 1. The van der Waals surface area contributed by atoms with E-state index in [1.165, 1.54) is 17.1 Å². The summed E-state index contributed by atoms with van der Waals surface area (Å²) in [6.45, 7) is 13.3. The van der Waals surface area contributed by atoms with Gasteiger partial charge in [0.05, 0.1) is 17.3 Å². The van der Waals surface area contributed by atoms with E-state index in [2.05, 4.69) is 48.3 Å². The first-order chi connectivity index (χ1) is 11.4. The molecule has 1 saturated heterocycles. The third kappa shape index (κ3) is 7.02. The van der Waals surface area contributed by atoms with E-state index in [1.807, 2.05) is 7.05 Å². The number of aromatic nitrogens is 1. The summed E-state index contributed by atoms with van der Waals surface area (Å²) in [6, 6.07) is 0. The van der Waals surface area contributed by atoms with Crippen molar-refractivity contribution in [2.24, 2.45) is 10.9 Å². The summed E-state index contributed by atoms with van der Waals surface area (Å²) in [4.78, 5) is 11.5. The largest absolute Gasteiger partial charge is 0.381 e. The zero-order valence-electron chi connectivity index (χ0n) is 16.2. The van der Waals surface area contributed by atoms with E-state index in [-0.39, 0.29) is 29.4 Å². The van der Waals surface area contributed by atoms with Crippen LogP contribution in [0.15, 0.2) is 10.4 Å². The number of hydrogen-bond acceptors (Lipinski definition) is 4. The molecule has 1 N–H and O–H groups in total. The predicted octanol–water partition coefficient (Wildman–Crippen LogP) is 3.53. The van der Waals surface area contributed by atoms with E-state index in [0.29, 0.717) is 5.92 Å². The fraction of sp³-hybridized carbons (Fsp3) is 0.778. The molecule has 0 bridgehead atoms. The normalized spacial score (nSPS) is 18.4.